The number of carbonyl (C=O) groups is 1. The van der Waals surface area contributed by atoms with E-state index in [1.165, 1.54) is 0 Å². The second-order valence-corrected chi connectivity index (χ2v) is 5.32. The quantitative estimate of drug-likeness (QED) is 0.883. The van der Waals surface area contributed by atoms with Gasteiger partial charge in [-0.3, -0.25) is 4.79 Å². The molecule has 6 heteroatoms. The van der Waals surface area contributed by atoms with E-state index in [1.54, 1.807) is 37.5 Å². The van der Waals surface area contributed by atoms with E-state index in [2.05, 4.69) is 21.2 Å². The van der Waals surface area contributed by atoms with Gasteiger partial charge in [-0.05, 0) is 47.1 Å². The Morgan fingerprint density at radius 2 is 2.26 bits per heavy atom. The molecule has 0 aliphatic carbocycles. The predicted octanol–water partition coefficient (Wildman–Crippen LogP) is 2.36. The van der Waals surface area contributed by atoms with Gasteiger partial charge >= 0.3 is 0 Å². The number of amides is 1. The fraction of sp³-hybridized carbons (Fsp3) is 0.308. The van der Waals surface area contributed by atoms with Crippen LogP contribution in [-0.4, -0.2) is 23.2 Å². The number of carbonyl (C=O) groups excluding carboxylic acids is 1. The second kappa shape index (κ2) is 5.63. The maximum Gasteiger partial charge on any atom is 0.287 e. The molecular weight excluding hydrogens is 314 g/mol. The lowest BCUT2D eigenvalue weighted by molar-refractivity contribution is 0.0503. The van der Waals surface area contributed by atoms with Gasteiger partial charge in [0.1, 0.15) is 5.76 Å². The van der Waals surface area contributed by atoms with Gasteiger partial charge in [-0.2, -0.15) is 0 Å². The van der Waals surface area contributed by atoms with Crippen LogP contribution in [0.2, 0.25) is 0 Å². The number of rotatable bonds is 5. The summed E-state index contributed by atoms with van der Waals surface area (Å²) < 4.78 is 10.8. The van der Waals surface area contributed by atoms with E-state index in [9.17, 15) is 9.90 Å². The third kappa shape index (κ3) is 3.97. The maximum absolute atomic E-state index is 11.7. The van der Waals surface area contributed by atoms with E-state index < -0.39 is 5.60 Å². The lowest BCUT2D eigenvalue weighted by Gasteiger charge is -2.22. The second-order valence-electron chi connectivity index (χ2n) is 4.54. The zero-order valence-electron chi connectivity index (χ0n) is 10.4. The molecule has 2 rings (SSSR count). The van der Waals surface area contributed by atoms with Crippen LogP contribution >= 0.6 is 15.9 Å². The Balaban J connectivity index is 1.88. The summed E-state index contributed by atoms with van der Waals surface area (Å²) in [6.45, 7) is 1.73. The van der Waals surface area contributed by atoms with Crippen molar-refractivity contribution in [3.63, 3.8) is 0 Å². The number of furan rings is 2. The molecule has 0 saturated heterocycles. The molecule has 2 aromatic heterocycles. The Morgan fingerprint density at radius 3 is 2.84 bits per heavy atom. The first-order chi connectivity index (χ1) is 8.96. The molecule has 1 atom stereocenters. The average Bonchev–Trinajstić information content (AvgIpc) is 2.97. The van der Waals surface area contributed by atoms with Crippen molar-refractivity contribution in [2.45, 2.75) is 18.9 Å². The van der Waals surface area contributed by atoms with Crippen LogP contribution in [0, 0.1) is 0 Å². The first kappa shape index (κ1) is 13.9. The molecule has 0 spiro atoms. The Labute approximate surface area is 118 Å². The molecule has 0 aromatic carbocycles. The zero-order valence-corrected chi connectivity index (χ0v) is 11.9. The van der Waals surface area contributed by atoms with E-state index in [1.807, 2.05) is 0 Å². The Hall–Kier alpha value is -1.53. The van der Waals surface area contributed by atoms with Gasteiger partial charge in [-0.1, -0.05) is 0 Å². The molecule has 0 fully saturated rings. The molecule has 1 unspecified atom stereocenters. The molecule has 0 bridgehead atoms. The van der Waals surface area contributed by atoms with Crippen molar-refractivity contribution in [2.75, 3.05) is 6.54 Å². The summed E-state index contributed by atoms with van der Waals surface area (Å²) in [5, 5.41) is 12.8. The predicted molar refractivity (Wildman–Crippen MR) is 71.8 cm³/mol. The van der Waals surface area contributed by atoms with E-state index in [0.717, 1.165) is 0 Å². The number of aliphatic hydroxyl groups is 1. The van der Waals surface area contributed by atoms with Gasteiger partial charge in [0.15, 0.2) is 10.4 Å². The highest BCUT2D eigenvalue weighted by molar-refractivity contribution is 9.10. The van der Waals surface area contributed by atoms with Crippen molar-refractivity contribution in [1.29, 1.82) is 0 Å². The summed E-state index contributed by atoms with van der Waals surface area (Å²) in [6, 6.07) is 6.72. The molecule has 102 valence electrons. The summed E-state index contributed by atoms with van der Waals surface area (Å²) in [5.74, 6) is 0.492. The Morgan fingerprint density at radius 1 is 1.47 bits per heavy atom. The van der Waals surface area contributed by atoms with E-state index in [4.69, 9.17) is 8.83 Å². The van der Waals surface area contributed by atoms with Crippen molar-refractivity contribution >= 4 is 21.8 Å². The minimum Gasteiger partial charge on any atom is -0.469 e. The highest BCUT2D eigenvalue weighted by Crippen LogP contribution is 2.15. The molecule has 0 saturated carbocycles. The summed E-state index contributed by atoms with van der Waals surface area (Å²) in [5.41, 5.74) is -1.09. The molecule has 0 aliphatic rings. The number of hydrogen-bond acceptors (Lipinski definition) is 4. The summed E-state index contributed by atoms with van der Waals surface area (Å²) >= 11 is 3.12. The average molecular weight is 328 g/mol. The molecule has 5 nitrogen and oxygen atoms in total. The lowest BCUT2D eigenvalue weighted by atomic mass is 10.0. The summed E-state index contributed by atoms with van der Waals surface area (Å²) in [7, 11) is 0. The molecular formula is C13H14BrNO4. The fourth-order valence-electron chi connectivity index (χ4n) is 1.65. The highest BCUT2D eigenvalue weighted by atomic mass is 79.9. The Bertz CT molecular complexity index is 545. The SMILES string of the molecule is CC(O)(CNC(=O)c1ccc(Br)o1)Cc1ccco1. The van der Waals surface area contributed by atoms with Crippen LogP contribution in [0.15, 0.2) is 44.0 Å². The fourth-order valence-corrected chi connectivity index (χ4v) is 1.95. The van der Waals surface area contributed by atoms with Gasteiger partial charge in [-0.25, -0.2) is 0 Å². The van der Waals surface area contributed by atoms with Crippen LogP contribution in [0.25, 0.3) is 0 Å². The van der Waals surface area contributed by atoms with Crippen LogP contribution in [0.4, 0.5) is 0 Å². The van der Waals surface area contributed by atoms with Crippen molar-refractivity contribution in [3.05, 3.63) is 46.7 Å². The monoisotopic (exact) mass is 327 g/mol. The largest absolute Gasteiger partial charge is 0.469 e. The van der Waals surface area contributed by atoms with Gasteiger partial charge in [0, 0.05) is 13.0 Å². The van der Waals surface area contributed by atoms with Gasteiger partial charge in [-0.15, -0.1) is 0 Å². The van der Waals surface area contributed by atoms with Crippen LogP contribution in [0.3, 0.4) is 0 Å². The minimum absolute atomic E-state index is 0.102. The van der Waals surface area contributed by atoms with Crippen molar-refractivity contribution in [3.8, 4) is 0 Å². The molecule has 0 aliphatic heterocycles. The molecule has 2 N–H and O–H groups in total. The molecule has 19 heavy (non-hydrogen) atoms. The summed E-state index contributed by atoms with van der Waals surface area (Å²) in [4.78, 5) is 11.7. The number of halogens is 1. The first-order valence-corrected chi connectivity index (χ1v) is 6.54. The number of nitrogens with one attached hydrogen (secondary N) is 1. The normalized spacial score (nSPS) is 14.1. The Kier molecular flexibility index (Phi) is 4.11. The van der Waals surface area contributed by atoms with Crippen LogP contribution in [0.5, 0.6) is 0 Å². The smallest absolute Gasteiger partial charge is 0.287 e. The minimum atomic E-state index is -1.09. The molecule has 1 amide bonds. The third-order valence-corrected chi connectivity index (χ3v) is 2.99. The lowest BCUT2D eigenvalue weighted by Crippen LogP contribution is -2.42. The molecule has 2 heterocycles. The van der Waals surface area contributed by atoms with Crippen LogP contribution in [0.1, 0.15) is 23.2 Å². The summed E-state index contributed by atoms with van der Waals surface area (Å²) in [6.07, 6.45) is 1.87. The van der Waals surface area contributed by atoms with Gasteiger partial charge in [0.2, 0.25) is 0 Å². The van der Waals surface area contributed by atoms with Crippen molar-refractivity contribution in [2.24, 2.45) is 0 Å². The number of hydrogen-bond donors (Lipinski definition) is 2. The van der Waals surface area contributed by atoms with E-state index in [-0.39, 0.29) is 18.2 Å². The molecule has 2 aromatic rings. The topological polar surface area (TPSA) is 75.6 Å². The van der Waals surface area contributed by atoms with Crippen LogP contribution < -0.4 is 5.32 Å². The van der Waals surface area contributed by atoms with E-state index >= 15 is 0 Å². The standard InChI is InChI=1S/C13H14BrNO4/c1-13(17,7-9-3-2-6-18-9)8-15-12(16)10-4-5-11(14)19-10/h2-6,17H,7-8H2,1H3,(H,15,16). The van der Waals surface area contributed by atoms with Gasteiger partial charge in [0.25, 0.3) is 5.91 Å². The third-order valence-electron chi connectivity index (χ3n) is 2.56. The zero-order chi connectivity index (χ0) is 13.9. The van der Waals surface area contributed by atoms with Crippen molar-refractivity contribution < 1.29 is 18.7 Å². The first-order valence-electron chi connectivity index (χ1n) is 5.75. The van der Waals surface area contributed by atoms with Gasteiger partial charge in [0.05, 0.1) is 11.9 Å². The highest BCUT2D eigenvalue weighted by Gasteiger charge is 2.24. The molecule has 0 radical (unpaired) electrons. The van der Waals surface area contributed by atoms with E-state index in [0.29, 0.717) is 16.9 Å². The van der Waals surface area contributed by atoms with Gasteiger partial charge < -0.3 is 19.3 Å². The van der Waals surface area contributed by atoms with Crippen molar-refractivity contribution in [1.82, 2.24) is 5.32 Å². The maximum atomic E-state index is 11.7. The van der Waals surface area contributed by atoms with Crippen LogP contribution in [-0.2, 0) is 6.42 Å².